The highest BCUT2D eigenvalue weighted by Crippen LogP contribution is 2.35. The van der Waals surface area contributed by atoms with Crippen molar-refractivity contribution in [2.45, 2.75) is 0 Å². The van der Waals surface area contributed by atoms with Crippen LogP contribution in [0.15, 0.2) is 188 Å². The largest absolute Gasteiger partial charge is 0.208 e. The van der Waals surface area contributed by atoms with Gasteiger partial charge in [-0.15, -0.1) is 0 Å². The van der Waals surface area contributed by atoms with Crippen LogP contribution >= 0.6 is 0 Å². The molecule has 0 aliphatic rings. The zero-order chi connectivity index (χ0) is 36.8. The number of hydrogen-bond donors (Lipinski definition) is 0. The Morgan fingerprint density at radius 1 is 0.320 bits per heavy atom. The Labute approximate surface area is 296 Å². The highest BCUT2D eigenvalue weighted by atomic mass is 15.0. The molecule has 9 aromatic rings. The van der Waals surface area contributed by atoms with E-state index < -0.39 is 0 Å². The van der Waals surface area contributed by atoms with Gasteiger partial charge in [-0.3, -0.25) is 0 Å². The molecule has 0 atom stereocenters. The van der Waals surface area contributed by atoms with Crippen molar-refractivity contribution in [1.82, 2.24) is 15.0 Å². The van der Waals surface area contributed by atoms with Gasteiger partial charge in [-0.1, -0.05) is 176 Å². The van der Waals surface area contributed by atoms with Crippen molar-refractivity contribution in [3.63, 3.8) is 0 Å². The summed E-state index contributed by atoms with van der Waals surface area (Å²) in [6, 6.07) is 53.5. The highest BCUT2D eigenvalue weighted by Gasteiger charge is 2.16. The fourth-order valence-corrected chi connectivity index (χ4v) is 6.52. The summed E-state index contributed by atoms with van der Waals surface area (Å²) in [5.74, 6) is 0.968. The van der Waals surface area contributed by atoms with E-state index in [9.17, 15) is 1.37 Å². The van der Waals surface area contributed by atoms with Gasteiger partial charge in [-0.25, -0.2) is 15.0 Å². The van der Waals surface area contributed by atoms with Gasteiger partial charge in [0.2, 0.25) is 0 Å². The van der Waals surface area contributed by atoms with Gasteiger partial charge < -0.3 is 0 Å². The molecule has 0 saturated carbocycles. The van der Waals surface area contributed by atoms with Gasteiger partial charge in [0.1, 0.15) is 0 Å². The van der Waals surface area contributed by atoms with Crippen LogP contribution in [-0.4, -0.2) is 15.0 Å². The smallest absolute Gasteiger partial charge is 0.164 e. The van der Waals surface area contributed by atoms with E-state index in [1.165, 1.54) is 0 Å². The second-order valence-electron chi connectivity index (χ2n) is 12.2. The first-order chi connectivity index (χ1) is 26.4. The third kappa shape index (κ3) is 5.61. The van der Waals surface area contributed by atoms with Gasteiger partial charge in [-0.05, 0) is 67.1 Å². The molecule has 0 amide bonds. The molecule has 1 aromatic heterocycles. The summed E-state index contributed by atoms with van der Waals surface area (Å²) in [5.41, 5.74) is 7.04. The lowest BCUT2D eigenvalue weighted by Crippen LogP contribution is -2.01. The first-order valence-corrected chi connectivity index (χ1v) is 16.5. The fourth-order valence-electron chi connectivity index (χ4n) is 6.52. The molecule has 0 N–H and O–H groups in total. The number of nitrogens with zero attached hydrogens (tertiary/aromatic N) is 3. The van der Waals surface area contributed by atoms with Gasteiger partial charge in [0.15, 0.2) is 17.5 Å². The van der Waals surface area contributed by atoms with Gasteiger partial charge in [0, 0.05) is 16.7 Å². The summed E-state index contributed by atoms with van der Waals surface area (Å²) in [6.07, 6.45) is 0. The molecule has 0 aliphatic heterocycles. The summed E-state index contributed by atoms with van der Waals surface area (Å²) in [6.45, 7) is 0. The predicted octanol–water partition coefficient (Wildman–Crippen LogP) is 12.2. The third-order valence-electron chi connectivity index (χ3n) is 9.06. The summed E-state index contributed by atoms with van der Waals surface area (Å²) in [4.78, 5) is 14.8. The quantitative estimate of drug-likeness (QED) is 0.181. The molecule has 0 bridgehead atoms. The van der Waals surface area contributed by atoms with E-state index in [1.54, 1.807) is 0 Å². The molecular formula is C47H31N3. The Morgan fingerprint density at radius 3 is 1.58 bits per heavy atom. The summed E-state index contributed by atoms with van der Waals surface area (Å²) >= 11 is 0. The van der Waals surface area contributed by atoms with E-state index in [1.807, 2.05) is 103 Å². The lowest BCUT2D eigenvalue weighted by Gasteiger charge is -2.13. The molecule has 0 spiro atoms. The van der Waals surface area contributed by atoms with E-state index in [0.29, 0.717) is 22.8 Å². The standard InChI is InChI=1S/C47H31N3/c1-3-12-32(13-4-1)37-26-27-39-31-40(29-28-38(39)30-37)46-48-45(36-15-5-2-6-16-36)49-47(50-46)44-20-10-9-19-43(44)35-24-22-34(23-25-35)42-21-11-17-33-14-7-8-18-41(33)42/h1-31H/i9D,10D,19D,20D. The predicted molar refractivity (Wildman–Crippen MR) is 207 cm³/mol. The monoisotopic (exact) mass is 641 g/mol. The minimum Gasteiger partial charge on any atom is -0.208 e. The van der Waals surface area contributed by atoms with Gasteiger partial charge in [0.05, 0.1) is 5.48 Å². The first kappa shape index (κ1) is 25.3. The molecule has 8 aromatic carbocycles. The van der Waals surface area contributed by atoms with E-state index in [0.717, 1.165) is 54.9 Å². The Morgan fingerprint density at radius 2 is 0.840 bits per heavy atom. The molecule has 0 aliphatic carbocycles. The summed E-state index contributed by atoms with van der Waals surface area (Å²) < 4.78 is 35.7. The van der Waals surface area contributed by atoms with Crippen LogP contribution in [0.25, 0.3) is 89.1 Å². The Balaban J connectivity index is 1.21. The van der Waals surface area contributed by atoms with Crippen LogP contribution in [0.2, 0.25) is 0 Å². The molecule has 0 unspecified atom stereocenters. The van der Waals surface area contributed by atoms with Crippen LogP contribution < -0.4 is 0 Å². The summed E-state index contributed by atoms with van der Waals surface area (Å²) in [5, 5.41) is 4.36. The Kier molecular flexibility index (Phi) is 6.44. The van der Waals surface area contributed by atoms with Crippen LogP contribution in [0.4, 0.5) is 0 Å². The second kappa shape index (κ2) is 12.7. The van der Waals surface area contributed by atoms with Crippen molar-refractivity contribution >= 4 is 21.5 Å². The SMILES string of the molecule is [2H]c1c([2H])c([2H])c(-c2nc(-c3ccccc3)nc(-c3ccc4cc(-c5ccccc5)ccc4c3)n2)c(-c2ccc(-c3cccc4ccccc34)cc2)c1[2H]. The van der Waals surface area contributed by atoms with Crippen molar-refractivity contribution in [3.05, 3.63) is 188 Å². The maximum absolute atomic E-state index is 9.19. The molecule has 3 heteroatoms. The maximum atomic E-state index is 9.19. The third-order valence-corrected chi connectivity index (χ3v) is 9.06. The molecule has 50 heavy (non-hydrogen) atoms. The number of rotatable bonds is 6. The normalized spacial score (nSPS) is 12.3. The van der Waals surface area contributed by atoms with Crippen molar-refractivity contribution in [2.75, 3.05) is 0 Å². The molecule has 3 nitrogen and oxygen atoms in total. The van der Waals surface area contributed by atoms with Crippen LogP contribution in [0.5, 0.6) is 0 Å². The van der Waals surface area contributed by atoms with Crippen molar-refractivity contribution in [3.8, 4) is 67.5 Å². The Hall–Kier alpha value is -6.71. The van der Waals surface area contributed by atoms with Crippen molar-refractivity contribution in [1.29, 1.82) is 0 Å². The van der Waals surface area contributed by atoms with Gasteiger partial charge >= 0.3 is 0 Å². The van der Waals surface area contributed by atoms with Crippen LogP contribution in [0, 0.1) is 0 Å². The minimum absolute atomic E-state index is 0.160. The number of aromatic nitrogens is 3. The maximum Gasteiger partial charge on any atom is 0.164 e. The molecule has 0 saturated heterocycles. The average Bonchev–Trinajstić information content (AvgIpc) is 3.24. The van der Waals surface area contributed by atoms with Gasteiger partial charge in [0.25, 0.3) is 0 Å². The van der Waals surface area contributed by atoms with Crippen molar-refractivity contribution in [2.24, 2.45) is 0 Å². The molecule has 0 fully saturated rings. The van der Waals surface area contributed by atoms with E-state index in [-0.39, 0.29) is 35.6 Å². The van der Waals surface area contributed by atoms with Crippen LogP contribution in [0.3, 0.4) is 0 Å². The highest BCUT2D eigenvalue weighted by molar-refractivity contribution is 5.97. The topological polar surface area (TPSA) is 38.7 Å². The van der Waals surface area contributed by atoms with Crippen LogP contribution in [-0.2, 0) is 0 Å². The molecular weight excluding hydrogens is 607 g/mol. The zero-order valence-corrected chi connectivity index (χ0v) is 26.9. The van der Waals surface area contributed by atoms with Crippen LogP contribution in [0.1, 0.15) is 5.48 Å². The second-order valence-corrected chi connectivity index (χ2v) is 12.2. The number of fused-ring (bicyclic) bond motifs is 2. The molecule has 9 rings (SSSR count). The van der Waals surface area contributed by atoms with E-state index in [4.69, 9.17) is 19.1 Å². The fraction of sp³-hybridized carbons (Fsp3) is 0. The number of benzene rings is 8. The first-order valence-electron chi connectivity index (χ1n) is 18.5. The zero-order valence-electron chi connectivity index (χ0n) is 30.9. The molecule has 234 valence electrons. The number of hydrogen-bond acceptors (Lipinski definition) is 3. The van der Waals surface area contributed by atoms with Crippen molar-refractivity contribution < 1.29 is 5.48 Å². The molecule has 1 heterocycles. The minimum atomic E-state index is -0.353. The lowest BCUT2D eigenvalue weighted by atomic mass is 9.94. The average molecular weight is 642 g/mol. The lowest BCUT2D eigenvalue weighted by molar-refractivity contribution is 1.07. The van der Waals surface area contributed by atoms with Gasteiger partial charge in [-0.2, -0.15) is 0 Å². The van der Waals surface area contributed by atoms with E-state index >= 15 is 0 Å². The molecule has 0 radical (unpaired) electrons. The summed E-state index contributed by atoms with van der Waals surface area (Å²) in [7, 11) is 0. The van der Waals surface area contributed by atoms with E-state index in [2.05, 4.69) is 60.7 Å². The Bertz CT molecular complexity index is 2850.